The van der Waals surface area contributed by atoms with Gasteiger partial charge in [-0.3, -0.25) is 4.79 Å². The van der Waals surface area contributed by atoms with E-state index >= 15 is 0 Å². The number of nitrogens with one attached hydrogen (secondary N) is 2. The average molecular weight is 234 g/mol. The molecule has 0 aromatic heterocycles. The van der Waals surface area contributed by atoms with Gasteiger partial charge < -0.3 is 15.7 Å². The smallest absolute Gasteiger partial charge is 0.251 e. The van der Waals surface area contributed by atoms with Gasteiger partial charge in [-0.1, -0.05) is 6.07 Å². The van der Waals surface area contributed by atoms with Crippen LogP contribution in [0.5, 0.6) is 0 Å². The minimum absolute atomic E-state index is 0.0300. The Morgan fingerprint density at radius 2 is 2.12 bits per heavy atom. The first-order chi connectivity index (χ1) is 8.31. The Morgan fingerprint density at radius 3 is 2.94 bits per heavy atom. The zero-order chi connectivity index (χ0) is 12.1. The molecule has 1 aliphatic heterocycles. The maximum Gasteiger partial charge on any atom is 0.251 e. The van der Waals surface area contributed by atoms with Crippen molar-refractivity contribution in [3.8, 4) is 0 Å². The standard InChI is InChI=1S/C13H18N2O2/c16-6-2-1-5-15-13(17)10-3-4-11-8-14-9-12(11)7-10/h3-4,7,14,16H,1-2,5-6,8-9H2,(H,15,17). The summed E-state index contributed by atoms with van der Waals surface area (Å²) in [5.41, 5.74) is 3.21. The van der Waals surface area contributed by atoms with Gasteiger partial charge >= 0.3 is 0 Å². The van der Waals surface area contributed by atoms with Crippen LogP contribution >= 0.6 is 0 Å². The molecule has 4 heteroatoms. The summed E-state index contributed by atoms with van der Waals surface area (Å²) in [4.78, 5) is 11.8. The van der Waals surface area contributed by atoms with Crippen molar-refractivity contribution in [3.63, 3.8) is 0 Å². The molecule has 1 amide bonds. The van der Waals surface area contributed by atoms with E-state index in [0.717, 1.165) is 31.5 Å². The summed E-state index contributed by atoms with van der Waals surface area (Å²) in [6.45, 7) is 2.55. The van der Waals surface area contributed by atoms with Crippen LogP contribution in [0, 0.1) is 0 Å². The van der Waals surface area contributed by atoms with Crippen molar-refractivity contribution in [1.82, 2.24) is 10.6 Å². The number of hydrogen-bond donors (Lipinski definition) is 3. The van der Waals surface area contributed by atoms with Crippen LogP contribution in [0.3, 0.4) is 0 Å². The number of rotatable bonds is 5. The van der Waals surface area contributed by atoms with Gasteiger partial charge in [0.1, 0.15) is 0 Å². The molecule has 0 radical (unpaired) electrons. The van der Waals surface area contributed by atoms with Crippen LogP contribution in [0.25, 0.3) is 0 Å². The fourth-order valence-corrected chi connectivity index (χ4v) is 1.98. The highest BCUT2D eigenvalue weighted by atomic mass is 16.2. The van der Waals surface area contributed by atoms with Gasteiger partial charge in [0.2, 0.25) is 0 Å². The molecule has 0 fully saturated rings. The highest BCUT2D eigenvalue weighted by molar-refractivity contribution is 5.94. The summed E-state index contributed by atoms with van der Waals surface area (Å²) in [5, 5.41) is 14.7. The third-order valence-electron chi connectivity index (χ3n) is 2.97. The molecular weight excluding hydrogens is 216 g/mol. The van der Waals surface area contributed by atoms with Crippen molar-refractivity contribution >= 4 is 5.91 Å². The van der Waals surface area contributed by atoms with Crippen molar-refractivity contribution in [3.05, 3.63) is 34.9 Å². The molecule has 0 spiro atoms. The molecule has 0 saturated heterocycles. The molecular formula is C13H18N2O2. The lowest BCUT2D eigenvalue weighted by atomic mass is 10.1. The molecule has 0 aliphatic carbocycles. The van der Waals surface area contributed by atoms with Gasteiger partial charge in [0, 0.05) is 31.8 Å². The predicted octanol–water partition coefficient (Wildman–Crippen LogP) is 0.792. The quantitative estimate of drug-likeness (QED) is 0.660. The molecule has 2 rings (SSSR count). The molecule has 0 bridgehead atoms. The highest BCUT2D eigenvalue weighted by Gasteiger charge is 2.12. The predicted molar refractivity (Wildman–Crippen MR) is 65.6 cm³/mol. The number of aliphatic hydroxyl groups is 1. The van der Waals surface area contributed by atoms with E-state index in [1.807, 2.05) is 18.2 Å². The molecule has 0 saturated carbocycles. The number of carbonyl (C=O) groups is 1. The van der Waals surface area contributed by atoms with Crippen LogP contribution in [-0.4, -0.2) is 24.2 Å². The van der Waals surface area contributed by atoms with Gasteiger partial charge in [-0.05, 0) is 36.1 Å². The van der Waals surface area contributed by atoms with E-state index in [-0.39, 0.29) is 12.5 Å². The van der Waals surface area contributed by atoms with Crippen molar-refractivity contribution in [1.29, 1.82) is 0 Å². The summed E-state index contributed by atoms with van der Waals surface area (Å²) in [7, 11) is 0. The summed E-state index contributed by atoms with van der Waals surface area (Å²) in [6.07, 6.45) is 1.54. The minimum atomic E-state index is -0.0300. The third kappa shape index (κ3) is 3.05. The van der Waals surface area contributed by atoms with E-state index in [0.29, 0.717) is 6.54 Å². The second-order valence-corrected chi connectivity index (χ2v) is 4.27. The molecule has 0 unspecified atom stereocenters. The number of amides is 1. The fourth-order valence-electron chi connectivity index (χ4n) is 1.98. The Kier molecular flexibility index (Phi) is 4.12. The Bertz CT molecular complexity index is 404. The first kappa shape index (κ1) is 12.1. The first-order valence-electron chi connectivity index (χ1n) is 6.03. The van der Waals surface area contributed by atoms with E-state index in [1.165, 1.54) is 11.1 Å². The zero-order valence-electron chi connectivity index (χ0n) is 9.83. The van der Waals surface area contributed by atoms with Gasteiger partial charge in [0.05, 0.1) is 0 Å². The maximum atomic E-state index is 11.8. The number of hydrogen-bond acceptors (Lipinski definition) is 3. The van der Waals surface area contributed by atoms with Crippen LogP contribution in [0.15, 0.2) is 18.2 Å². The number of aliphatic hydroxyl groups excluding tert-OH is 1. The molecule has 3 N–H and O–H groups in total. The van der Waals surface area contributed by atoms with Crippen molar-refractivity contribution < 1.29 is 9.90 Å². The average Bonchev–Trinajstić information content (AvgIpc) is 2.81. The summed E-state index contributed by atoms with van der Waals surface area (Å²) in [5.74, 6) is -0.0300. The zero-order valence-corrected chi connectivity index (χ0v) is 9.83. The van der Waals surface area contributed by atoms with Crippen LogP contribution in [-0.2, 0) is 13.1 Å². The van der Waals surface area contributed by atoms with Crippen LogP contribution in [0.4, 0.5) is 0 Å². The lowest BCUT2D eigenvalue weighted by Gasteiger charge is -2.06. The van der Waals surface area contributed by atoms with Crippen LogP contribution in [0.2, 0.25) is 0 Å². The topological polar surface area (TPSA) is 61.4 Å². The summed E-state index contributed by atoms with van der Waals surface area (Å²) in [6, 6.07) is 5.84. The van der Waals surface area contributed by atoms with Gasteiger partial charge in [-0.2, -0.15) is 0 Å². The maximum absolute atomic E-state index is 11.8. The number of fused-ring (bicyclic) bond motifs is 1. The fraction of sp³-hybridized carbons (Fsp3) is 0.462. The third-order valence-corrected chi connectivity index (χ3v) is 2.97. The second-order valence-electron chi connectivity index (χ2n) is 4.27. The molecule has 1 aliphatic rings. The first-order valence-corrected chi connectivity index (χ1v) is 6.03. The number of carbonyl (C=O) groups excluding carboxylic acids is 1. The van der Waals surface area contributed by atoms with E-state index in [9.17, 15) is 4.79 Å². The molecule has 4 nitrogen and oxygen atoms in total. The minimum Gasteiger partial charge on any atom is -0.396 e. The van der Waals surface area contributed by atoms with Gasteiger partial charge in [-0.15, -0.1) is 0 Å². The van der Waals surface area contributed by atoms with Gasteiger partial charge in [-0.25, -0.2) is 0 Å². The monoisotopic (exact) mass is 234 g/mol. The van der Waals surface area contributed by atoms with E-state index in [4.69, 9.17) is 5.11 Å². The Labute approximate surface area is 101 Å². The molecule has 0 atom stereocenters. The van der Waals surface area contributed by atoms with Crippen LogP contribution < -0.4 is 10.6 Å². The number of unbranched alkanes of at least 4 members (excludes halogenated alkanes) is 1. The number of benzene rings is 1. The SMILES string of the molecule is O=C(NCCCCO)c1ccc2c(c1)CNC2. The van der Waals surface area contributed by atoms with Crippen molar-refractivity contribution in [2.75, 3.05) is 13.2 Å². The summed E-state index contributed by atoms with van der Waals surface area (Å²) < 4.78 is 0. The molecule has 1 heterocycles. The molecule has 1 aromatic carbocycles. The normalized spacial score (nSPS) is 13.5. The Morgan fingerprint density at radius 1 is 1.29 bits per heavy atom. The molecule has 17 heavy (non-hydrogen) atoms. The van der Waals surface area contributed by atoms with E-state index in [2.05, 4.69) is 10.6 Å². The van der Waals surface area contributed by atoms with Gasteiger partial charge in [0.15, 0.2) is 0 Å². The van der Waals surface area contributed by atoms with Crippen molar-refractivity contribution in [2.24, 2.45) is 0 Å². The van der Waals surface area contributed by atoms with E-state index < -0.39 is 0 Å². The Balaban J connectivity index is 1.91. The lowest BCUT2D eigenvalue weighted by molar-refractivity contribution is 0.0952. The molecule has 92 valence electrons. The lowest BCUT2D eigenvalue weighted by Crippen LogP contribution is -2.24. The molecule has 1 aromatic rings. The largest absolute Gasteiger partial charge is 0.396 e. The summed E-state index contributed by atoms with van der Waals surface area (Å²) >= 11 is 0. The van der Waals surface area contributed by atoms with Gasteiger partial charge in [0.25, 0.3) is 5.91 Å². The highest BCUT2D eigenvalue weighted by Crippen LogP contribution is 2.16. The van der Waals surface area contributed by atoms with Crippen molar-refractivity contribution in [2.45, 2.75) is 25.9 Å². The second kappa shape index (κ2) is 5.80. The Hall–Kier alpha value is -1.39. The van der Waals surface area contributed by atoms with E-state index in [1.54, 1.807) is 0 Å². The van der Waals surface area contributed by atoms with Crippen LogP contribution in [0.1, 0.15) is 34.3 Å².